The quantitative estimate of drug-likeness (QED) is 0.318. The number of hydrogen-bond donors (Lipinski definition) is 3. The van der Waals surface area contributed by atoms with Crippen LogP contribution < -0.4 is 16.0 Å². The molecule has 1 aromatic heterocycles. The highest BCUT2D eigenvalue weighted by atomic mass is 127. The summed E-state index contributed by atoms with van der Waals surface area (Å²) >= 11 is 1.71. The number of aliphatic imine (C=N–C) groups is 1. The molecule has 1 aliphatic heterocycles. The number of carbonyl (C=O) groups excluding carboxylic acids is 1. The Labute approximate surface area is 177 Å². The van der Waals surface area contributed by atoms with Crippen LogP contribution in [0.2, 0.25) is 0 Å². The Morgan fingerprint density at radius 2 is 2.04 bits per heavy atom. The summed E-state index contributed by atoms with van der Waals surface area (Å²) in [4.78, 5) is 24.1. The molecule has 26 heavy (non-hydrogen) atoms. The normalized spacial score (nSPS) is 16.1. The van der Waals surface area contributed by atoms with Crippen LogP contribution in [-0.4, -0.2) is 61.0 Å². The number of guanidine groups is 1. The predicted molar refractivity (Wildman–Crippen MR) is 118 cm³/mol. The first-order valence-electron chi connectivity index (χ1n) is 8.92. The topological polar surface area (TPSA) is 81.7 Å². The molecule has 148 valence electrons. The zero-order valence-electron chi connectivity index (χ0n) is 16.1. The zero-order valence-corrected chi connectivity index (χ0v) is 19.2. The third-order valence-electron chi connectivity index (χ3n) is 4.30. The maximum Gasteiger partial charge on any atom is 0.233 e. The molecule has 0 bridgehead atoms. The number of halogens is 1. The molecule has 1 aromatic rings. The molecule has 2 heterocycles. The van der Waals surface area contributed by atoms with Gasteiger partial charge in [-0.05, 0) is 33.6 Å². The highest BCUT2D eigenvalue weighted by molar-refractivity contribution is 14.0. The molecule has 1 aliphatic rings. The summed E-state index contributed by atoms with van der Waals surface area (Å²) in [6, 6.07) is 0.392. The number of carbonyl (C=O) groups is 1. The van der Waals surface area contributed by atoms with Gasteiger partial charge in [-0.15, -0.1) is 35.3 Å². The van der Waals surface area contributed by atoms with Crippen molar-refractivity contribution in [3.05, 3.63) is 15.6 Å². The molecule has 1 saturated heterocycles. The minimum absolute atomic E-state index is 0. The second-order valence-corrected chi connectivity index (χ2v) is 7.59. The standard InChI is InChI=1S/C17H30N6OS.HI/c1-5-19-17(20-10-15-12(2)21-13(3)25-15)22-14-6-8-23(9-7-14)11-16(24)18-4;/h14H,5-11H2,1-4H3,(H,18,24)(H2,19,20,22);1H. The van der Waals surface area contributed by atoms with Crippen LogP contribution in [0.4, 0.5) is 0 Å². The average molecular weight is 494 g/mol. The van der Waals surface area contributed by atoms with E-state index in [2.05, 4.69) is 32.8 Å². The molecule has 0 radical (unpaired) electrons. The van der Waals surface area contributed by atoms with E-state index in [0.29, 0.717) is 19.1 Å². The highest BCUT2D eigenvalue weighted by Gasteiger charge is 2.21. The van der Waals surface area contributed by atoms with Gasteiger partial charge >= 0.3 is 0 Å². The number of amides is 1. The van der Waals surface area contributed by atoms with E-state index in [9.17, 15) is 4.79 Å². The SMILES string of the molecule is CCNC(=NCc1sc(C)nc1C)NC1CCN(CC(=O)NC)CC1.I. The van der Waals surface area contributed by atoms with Crippen LogP contribution >= 0.6 is 35.3 Å². The fraction of sp³-hybridized carbons (Fsp3) is 0.706. The van der Waals surface area contributed by atoms with Gasteiger partial charge < -0.3 is 16.0 Å². The monoisotopic (exact) mass is 494 g/mol. The number of nitrogens with one attached hydrogen (secondary N) is 3. The number of nitrogens with zero attached hydrogens (tertiary/aromatic N) is 3. The van der Waals surface area contributed by atoms with Crippen molar-refractivity contribution in [3.63, 3.8) is 0 Å². The lowest BCUT2D eigenvalue weighted by atomic mass is 10.1. The van der Waals surface area contributed by atoms with Gasteiger partial charge in [-0.3, -0.25) is 9.69 Å². The minimum Gasteiger partial charge on any atom is -0.358 e. The number of aromatic nitrogens is 1. The van der Waals surface area contributed by atoms with Gasteiger partial charge in [0.25, 0.3) is 0 Å². The zero-order chi connectivity index (χ0) is 18.2. The molecule has 0 spiro atoms. The van der Waals surface area contributed by atoms with Crippen molar-refractivity contribution < 1.29 is 4.79 Å². The lowest BCUT2D eigenvalue weighted by molar-refractivity contribution is -0.122. The number of rotatable bonds is 6. The van der Waals surface area contributed by atoms with Gasteiger partial charge in [0, 0.05) is 37.6 Å². The average Bonchev–Trinajstić information content (AvgIpc) is 2.92. The summed E-state index contributed by atoms with van der Waals surface area (Å²) in [6.07, 6.45) is 2.03. The Kier molecular flexibility index (Phi) is 10.4. The molecule has 1 amide bonds. The number of hydrogen-bond acceptors (Lipinski definition) is 5. The van der Waals surface area contributed by atoms with Crippen LogP contribution in [0.5, 0.6) is 0 Å². The Morgan fingerprint density at radius 1 is 1.35 bits per heavy atom. The van der Waals surface area contributed by atoms with Gasteiger partial charge in [0.2, 0.25) is 5.91 Å². The van der Waals surface area contributed by atoms with E-state index in [1.165, 1.54) is 4.88 Å². The fourth-order valence-corrected chi connectivity index (χ4v) is 3.76. The summed E-state index contributed by atoms with van der Waals surface area (Å²) in [5, 5.41) is 10.6. The molecule has 0 atom stereocenters. The Morgan fingerprint density at radius 3 is 2.58 bits per heavy atom. The van der Waals surface area contributed by atoms with Crippen molar-refractivity contribution in [1.29, 1.82) is 0 Å². The van der Waals surface area contributed by atoms with E-state index >= 15 is 0 Å². The van der Waals surface area contributed by atoms with E-state index < -0.39 is 0 Å². The summed E-state index contributed by atoms with van der Waals surface area (Å²) in [7, 11) is 1.68. The largest absolute Gasteiger partial charge is 0.358 e. The van der Waals surface area contributed by atoms with E-state index in [4.69, 9.17) is 4.99 Å². The minimum atomic E-state index is 0. The molecular weight excluding hydrogens is 463 g/mol. The lowest BCUT2D eigenvalue weighted by Crippen LogP contribution is -2.50. The van der Waals surface area contributed by atoms with Crippen LogP contribution in [0.3, 0.4) is 0 Å². The lowest BCUT2D eigenvalue weighted by Gasteiger charge is -2.32. The molecule has 0 aliphatic carbocycles. The molecular formula is C17H31IN6OS. The summed E-state index contributed by atoms with van der Waals surface area (Å²) in [6.45, 7) is 9.98. The first-order chi connectivity index (χ1) is 12.0. The van der Waals surface area contributed by atoms with Crippen molar-refractivity contribution in [2.75, 3.05) is 33.2 Å². The van der Waals surface area contributed by atoms with E-state index in [0.717, 1.165) is 49.1 Å². The molecule has 0 aromatic carbocycles. The number of piperidine rings is 1. The van der Waals surface area contributed by atoms with Crippen molar-refractivity contribution in [2.45, 2.75) is 46.2 Å². The Bertz CT molecular complexity index is 598. The molecule has 2 rings (SSSR count). The smallest absolute Gasteiger partial charge is 0.233 e. The van der Waals surface area contributed by atoms with Crippen LogP contribution in [0, 0.1) is 13.8 Å². The van der Waals surface area contributed by atoms with Crippen LogP contribution in [0.25, 0.3) is 0 Å². The predicted octanol–water partition coefficient (Wildman–Crippen LogP) is 1.64. The van der Waals surface area contributed by atoms with Gasteiger partial charge in [-0.2, -0.15) is 0 Å². The second-order valence-electron chi connectivity index (χ2n) is 6.30. The highest BCUT2D eigenvalue weighted by Crippen LogP contribution is 2.18. The number of likely N-dealkylation sites (N-methyl/N-ethyl adjacent to an activating group) is 1. The molecule has 7 nitrogen and oxygen atoms in total. The Balaban J connectivity index is 0.00000338. The maximum atomic E-state index is 11.5. The first-order valence-corrected chi connectivity index (χ1v) is 9.74. The number of likely N-dealkylation sites (tertiary alicyclic amines) is 1. The molecule has 9 heteroatoms. The van der Waals surface area contributed by atoms with Gasteiger partial charge in [-0.1, -0.05) is 0 Å². The Hall–Kier alpha value is -0.940. The third kappa shape index (κ3) is 7.36. The molecule has 1 fully saturated rings. The van der Waals surface area contributed by atoms with Crippen LogP contribution in [0.15, 0.2) is 4.99 Å². The summed E-state index contributed by atoms with van der Waals surface area (Å²) in [5.74, 6) is 0.939. The van der Waals surface area contributed by atoms with Gasteiger partial charge in [0.15, 0.2) is 5.96 Å². The van der Waals surface area contributed by atoms with E-state index in [1.807, 2.05) is 13.8 Å². The van der Waals surface area contributed by atoms with Gasteiger partial charge in [0.05, 0.1) is 23.8 Å². The third-order valence-corrected chi connectivity index (χ3v) is 5.36. The first kappa shape index (κ1) is 23.1. The van der Waals surface area contributed by atoms with Crippen LogP contribution in [-0.2, 0) is 11.3 Å². The second kappa shape index (κ2) is 11.7. The van der Waals surface area contributed by atoms with Gasteiger partial charge in [-0.25, -0.2) is 9.98 Å². The van der Waals surface area contributed by atoms with E-state index in [-0.39, 0.29) is 29.9 Å². The summed E-state index contributed by atoms with van der Waals surface area (Å²) in [5.41, 5.74) is 1.07. The van der Waals surface area contributed by atoms with Crippen molar-refractivity contribution in [3.8, 4) is 0 Å². The molecule has 0 unspecified atom stereocenters. The van der Waals surface area contributed by atoms with Crippen molar-refractivity contribution in [1.82, 2.24) is 25.8 Å². The molecule has 3 N–H and O–H groups in total. The van der Waals surface area contributed by atoms with Crippen LogP contribution in [0.1, 0.15) is 35.3 Å². The molecule has 0 saturated carbocycles. The fourth-order valence-electron chi connectivity index (χ4n) is 2.90. The van der Waals surface area contributed by atoms with Crippen molar-refractivity contribution in [2.24, 2.45) is 4.99 Å². The van der Waals surface area contributed by atoms with Crippen molar-refractivity contribution >= 4 is 47.2 Å². The van der Waals surface area contributed by atoms with E-state index in [1.54, 1.807) is 18.4 Å². The maximum absolute atomic E-state index is 11.5. The number of thiazole rings is 1. The summed E-state index contributed by atoms with van der Waals surface area (Å²) < 4.78 is 0. The number of aryl methyl sites for hydroxylation is 2. The van der Waals surface area contributed by atoms with Gasteiger partial charge in [0.1, 0.15) is 0 Å².